The van der Waals surface area contributed by atoms with Crippen molar-refractivity contribution >= 4 is 0 Å². The molecule has 0 fully saturated rings. The molecule has 0 saturated heterocycles. The van der Waals surface area contributed by atoms with Crippen molar-refractivity contribution in [2.75, 3.05) is 0 Å². The number of aryl methyl sites for hydroxylation is 6. The van der Waals surface area contributed by atoms with Crippen molar-refractivity contribution in [3.63, 3.8) is 0 Å². The van der Waals surface area contributed by atoms with Crippen molar-refractivity contribution in [1.29, 1.82) is 0 Å². The van der Waals surface area contributed by atoms with E-state index in [-0.39, 0.29) is 5.41 Å². The van der Waals surface area contributed by atoms with Crippen LogP contribution in [0.15, 0.2) is 84.9 Å². The average Bonchev–Trinajstić information content (AvgIpc) is 2.83. The number of hydrogen-bond acceptors (Lipinski definition) is 1. The molecule has 0 amide bonds. The van der Waals surface area contributed by atoms with Gasteiger partial charge in [-0.1, -0.05) is 74.5 Å². The van der Waals surface area contributed by atoms with Crippen LogP contribution in [0.4, 0.5) is 0 Å². The van der Waals surface area contributed by atoms with E-state index < -0.39 is 0 Å². The van der Waals surface area contributed by atoms with Crippen LogP contribution in [0, 0.1) is 27.7 Å². The third-order valence-corrected chi connectivity index (χ3v) is 7.24. The van der Waals surface area contributed by atoms with Gasteiger partial charge in [-0.25, -0.2) is 0 Å². The Balaban J connectivity index is 1.42. The molecule has 0 spiro atoms. The minimum Gasteiger partial charge on any atom is -0.457 e. The van der Waals surface area contributed by atoms with Crippen LogP contribution in [0.5, 0.6) is 11.5 Å². The molecule has 0 heterocycles. The lowest BCUT2D eigenvalue weighted by Crippen LogP contribution is -2.18. The van der Waals surface area contributed by atoms with Gasteiger partial charge in [0.1, 0.15) is 11.5 Å². The van der Waals surface area contributed by atoms with Crippen molar-refractivity contribution in [3.8, 4) is 11.5 Å². The Kier molecular flexibility index (Phi) is 6.93. The molecule has 34 heavy (non-hydrogen) atoms. The van der Waals surface area contributed by atoms with Gasteiger partial charge in [0.15, 0.2) is 0 Å². The lowest BCUT2D eigenvalue weighted by Gasteiger charge is -2.26. The number of rotatable bonds is 7. The Hall–Kier alpha value is -3.32. The average molecular weight is 449 g/mol. The molecule has 1 nitrogen and oxygen atoms in total. The normalized spacial score (nSPS) is 11.5. The SMILES string of the molecule is Cc1ccc(CCc2ccc(C(C)(C)c3ccc(Oc4ccc(C)c(C)c4)cc3)cc2)cc1C. The minimum absolute atomic E-state index is 0.0778. The molecule has 0 saturated carbocycles. The molecule has 0 N–H and O–H groups in total. The fourth-order valence-electron chi connectivity index (χ4n) is 4.36. The summed E-state index contributed by atoms with van der Waals surface area (Å²) in [7, 11) is 0. The topological polar surface area (TPSA) is 9.23 Å². The highest BCUT2D eigenvalue weighted by molar-refractivity contribution is 5.43. The maximum Gasteiger partial charge on any atom is 0.127 e. The summed E-state index contributed by atoms with van der Waals surface area (Å²) in [5, 5.41) is 0. The largest absolute Gasteiger partial charge is 0.457 e. The summed E-state index contributed by atoms with van der Waals surface area (Å²) in [5.41, 5.74) is 10.6. The third kappa shape index (κ3) is 5.42. The lowest BCUT2D eigenvalue weighted by atomic mass is 9.78. The molecule has 0 unspecified atom stereocenters. The predicted molar refractivity (Wildman–Crippen MR) is 144 cm³/mol. The summed E-state index contributed by atoms with van der Waals surface area (Å²) in [5.74, 6) is 1.75. The Labute approximate surface area is 205 Å². The predicted octanol–water partition coefficient (Wildman–Crippen LogP) is 8.82. The first-order valence-electron chi connectivity index (χ1n) is 12.2. The molecule has 0 aliphatic carbocycles. The van der Waals surface area contributed by atoms with E-state index in [0.717, 1.165) is 24.3 Å². The fraction of sp³-hybridized carbons (Fsp3) is 0.273. The molecule has 4 aromatic rings. The van der Waals surface area contributed by atoms with E-state index in [9.17, 15) is 0 Å². The van der Waals surface area contributed by atoms with Crippen molar-refractivity contribution in [1.82, 2.24) is 0 Å². The van der Waals surface area contributed by atoms with Gasteiger partial charge in [-0.15, -0.1) is 0 Å². The van der Waals surface area contributed by atoms with Crippen LogP contribution < -0.4 is 4.74 Å². The Morgan fingerprint density at radius 3 is 1.56 bits per heavy atom. The van der Waals surface area contributed by atoms with E-state index in [0.29, 0.717) is 0 Å². The van der Waals surface area contributed by atoms with Crippen LogP contribution in [-0.4, -0.2) is 0 Å². The summed E-state index contributed by atoms with van der Waals surface area (Å²) in [6.07, 6.45) is 2.14. The molecule has 0 atom stereocenters. The molecule has 4 rings (SSSR count). The first-order chi connectivity index (χ1) is 16.2. The zero-order chi connectivity index (χ0) is 24.3. The highest BCUT2D eigenvalue weighted by Gasteiger charge is 2.23. The number of benzene rings is 4. The second kappa shape index (κ2) is 9.89. The molecule has 0 aliphatic rings. The summed E-state index contributed by atoms with van der Waals surface area (Å²) in [6.45, 7) is 13.2. The zero-order valence-electron chi connectivity index (χ0n) is 21.4. The number of ether oxygens (including phenoxy) is 1. The van der Waals surface area contributed by atoms with Crippen LogP contribution in [0.25, 0.3) is 0 Å². The van der Waals surface area contributed by atoms with Crippen molar-refractivity contribution in [3.05, 3.63) is 129 Å². The second-order valence-corrected chi connectivity index (χ2v) is 10.1. The molecule has 0 bridgehead atoms. The van der Waals surface area contributed by atoms with Crippen LogP contribution in [0.3, 0.4) is 0 Å². The van der Waals surface area contributed by atoms with Crippen molar-refractivity contribution in [2.45, 2.75) is 59.8 Å². The quantitative estimate of drug-likeness (QED) is 0.274. The monoisotopic (exact) mass is 448 g/mol. The molecule has 174 valence electrons. The highest BCUT2D eigenvalue weighted by atomic mass is 16.5. The second-order valence-electron chi connectivity index (χ2n) is 10.1. The fourth-order valence-corrected chi connectivity index (χ4v) is 4.36. The molecule has 0 aromatic heterocycles. The molecule has 1 heteroatoms. The van der Waals surface area contributed by atoms with Gasteiger partial charge in [0.2, 0.25) is 0 Å². The van der Waals surface area contributed by atoms with E-state index >= 15 is 0 Å². The van der Waals surface area contributed by atoms with E-state index in [2.05, 4.69) is 120 Å². The first-order valence-corrected chi connectivity index (χ1v) is 12.2. The molecular weight excluding hydrogens is 412 g/mol. The van der Waals surface area contributed by atoms with Gasteiger partial charge in [-0.2, -0.15) is 0 Å². The van der Waals surface area contributed by atoms with Crippen LogP contribution >= 0.6 is 0 Å². The van der Waals surface area contributed by atoms with E-state index in [1.54, 1.807) is 0 Å². The summed E-state index contributed by atoms with van der Waals surface area (Å²) >= 11 is 0. The number of hydrogen-bond donors (Lipinski definition) is 0. The maximum atomic E-state index is 6.08. The molecule has 0 aliphatic heterocycles. The van der Waals surface area contributed by atoms with Crippen LogP contribution in [0.2, 0.25) is 0 Å². The summed E-state index contributed by atoms with van der Waals surface area (Å²) in [4.78, 5) is 0. The third-order valence-electron chi connectivity index (χ3n) is 7.24. The summed E-state index contributed by atoms with van der Waals surface area (Å²) in [6, 6.07) is 30.7. The molecule has 4 aromatic carbocycles. The van der Waals surface area contributed by atoms with Gasteiger partial charge < -0.3 is 4.74 Å². The Morgan fingerprint density at radius 2 is 0.971 bits per heavy atom. The van der Waals surface area contributed by atoms with E-state index in [4.69, 9.17) is 4.74 Å². The van der Waals surface area contributed by atoms with Gasteiger partial charge >= 0.3 is 0 Å². The van der Waals surface area contributed by atoms with Crippen LogP contribution in [0.1, 0.15) is 58.4 Å². The van der Waals surface area contributed by atoms with Crippen molar-refractivity contribution < 1.29 is 4.74 Å². The zero-order valence-corrected chi connectivity index (χ0v) is 21.4. The van der Waals surface area contributed by atoms with Gasteiger partial charge in [0.05, 0.1) is 0 Å². The highest BCUT2D eigenvalue weighted by Crippen LogP contribution is 2.33. The minimum atomic E-state index is -0.0778. The van der Waals surface area contributed by atoms with Gasteiger partial charge in [-0.3, -0.25) is 0 Å². The van der Waals surface area contributed by atoms with E-state index in [1.807, 2.05) is 6.07 Å². The van der Waals surface area contributed by atoms with E-state index in [1.165, 1.54) is 44.5 Å². The summed E-state index contributed by atoms with van der Waals surface area (Å²) < 4.78 is 6.08. The Bertz CT molecular complexity index is 1260. The van der Waals surface area contributed by atoms with Gasteiger partial charge in [0.25, 0.3) is 0 Å². The molecular formula is C33H36O. The smallest absolute Gasteiger partial charge is 0.127 e. The Morgan fingerprint density at radius 1 is 0.500 bits per heavy atom. The first kappa shape index (κ1) is 23.8. The van der Waals surface area contributed by atoms with Gasteiger partial charge in [-0.05, 0) is 109 Å². The molecule has 0 radical (unpaired) electrons. The maximum absolute atomic E-state index is 6.08. The van der Waals surface area contributed by atoms with Crippen LogP contribution in [-0.2, 0) is 18.3 Å². The van der Waals surface area contributed by atoms with Gasteiger partial charge in [0, 0.05) is 5.41 Å². The lowest BCUT2D eigenvalue weighted by molar-refractivity contribution is 0.481. The van der Waals surface area contributed by atoms with Crippen molar-refractivity contribution in [2.24, 2.45) is 0 Å². The standard InChI is InChI=1S/C33H36O/c1-23-7-9-28(21-25(23)3)11-10-27-12-14-29(15-13-27)33(5,6)30-16-19-31(20-17-30)34-32-18-8-24(2)26(4)22-32/h7-9,12-22H,10-11H2,1-6H3.